The monoisotopic (exact) mass is 569 g/mol. The Labute approximate surface area is 239 Å². The van der Waals surface area contributed by atoms with E-state index in [0.29, 0.717) is 22.3 Å². The molecule has 2 heterocycles. The molecule has 1 aliphatic heterocycles. The summed E-state index contributed by atoms with van der Waals surface area (Å²) in [6.07, 6.45) is 0.456. The van der Waals surface area contributed by atoms with E-state index in [-0.39, 0.29) is 17.2 Å². The second-order valence-electron chi connectivity index (χ2n) is 10.3. The second-order valence-corrected chi connectivity index (χ2v) is 12.0. The van der Waals surface area contributed by atoms with Gasteiger partial charge in [-0.3, -0.25) is 14.6 Å². The van der Waals surface area contributed by atoms with Crippen LogP contribution in [0.5, 0.6) is 0 Å². The molecule has 0 saturated carbocycles. The number of benzene rings is 3. The van der Waals surface area contributed by atoms with Gasteiger partial charge in [0.25, 0.3) is 5.91 Å². The lowest BCUT2D eigenvalue weighted by molar-refractivity contribution is -0.128. The molecule has 4 aromatic rings. The van der Waals surface area contributed by atoms with E-state index in [2.05, 4.69) is 15.0 Å². The average molecular weight is 570 g/mol. The van der Waals surface area contributed by atoms with E-state index in [9.17, 15) is 18.0 Å². The lowest BCUT2D eigenvalue weighted by atomic mass is 10.0. The maximum Gasteiger partial charge on any atom is 0.272 e. The summed E-state index contributed by atoms with van der Waals surface area (Å²) in [4.78, 5) is 37.7. The highest BCUT2D eigenvalue weighted by Gasteiger charge is 2.34. The van der Waals surface area contributed by atoms with Gasteiger partial charge in [0.15, 0.2) is 0 Å². The van der Waals surface area contributed by atoms with Crippen LogP contribution in [0.15, 0.2) is 101 Å². The lowest BCUT2D eigenvalue weighted by Gasteiger charge is -2.24. The van der Waals surface area contributed by atoms with Crippen molar-refractivity contribution in [2.45, 2.75) is 37.4 Å². The molecule has 2 atom stereocenters. The van der Waals surface area contributed by atoms with Gasteiger partial charge in [-0.15, -0.1) is 0 Å². The molecule has 41 heavy (non-hydrogen) atoms. The zero-order chi connectivity index (χ0) is 29.1. The van der Waals surface area contributed by atoms with Gasteiger partial charge in [-0.2, -0.15) is 4.72 Å². The van der Waals surface area contributed by atoms with Crippen molar-refractivity contribution in [1.82, 2.24) is 15.0 Å². The number of aliphatic imine (C=N–C) groups is 1. The molecule has 0 aliphatic carbocycles. The molecule has 0 bridgehead atoms. The molecule has 1 aromatic heterocycles. The van der Waals surface area contributed by atoms with Crippen LogP contribution in [0.2, 0.25) is 0 Å². The quantitative estimate of drug-likeness (QED) is 0.334. The summed E-state index contributed by atoms with van der Waals surface area (Å²) < 4.78 is 29.7. The number of para-hydroxylation sites is 2. The minimum absolute atomic E-state index is 0.0257. The van der Waals surface area contributed by atoms with Crippen molar-refractivity contribution in [3.8, 4) is 0 Å². The molecule has 2 amide bonds. The predicted molar refractivity (Wildman–Crippen MR) is 159 cm³/mol. The van der Waals surface area contributed by atoms with Gasteiger partial charge in [-0.05, 0) is 30.5 Å². The molecule has 210 valence electrons. The Hall–Kier alpha value is -4.41. The number of amides is 2. The second kappa shape index (κ2) is 11.6. The largest absolute Gasteiger partial charge is 0.325 e. The smallest absolute Gasteiger partial charge is 0.272 e. The minimum Gasteiger partial charge on any atom is -0.325 e. The van der Waals surface area contributed by atoms with Crippen molar-refractivity contribution in [2.75, 3.05) is 11.9 Å². The summed E-state index contributed by atoms with van der Waals surface area (Å²) >= 11 is 0. The molecule has 0 radical (unpaired) electrons. The first kappa shape index (κ1) is 28.1. The van der Waals surface area contributed by atoms with Gasteiger partial charge in [-0.1, -0.05) is 80.6 Å². The zero-order valence-corrected chi connectivity index (χ0v) is 23.8. The van der Waals surface area contributed by atoms with E-state index in [0.717, 1.165) is 11.1 Å². The third kappa shape index (κ3) is 5.89. The van der Waals surface area contributed by atoms with E-state index in [1.54, 1.807) is 31.3 Å². The predicted octanol–water partition coefficient (Wildman–Crippen LogP) is 3.88. The molecule has 5 rings (SSSR count). The number of nitrogens with zero attached hydrogens (tertiary/aromatic N) is 3. The summed E-state index contributed by atoms with van der Waals surface area (Å²) in [5.74, 6) is -1.12. The number of hydrogen-bond donors (Lipinski definition) is 2. The average Bonchev–Trinajstić information content (AvgIpc) is 3.07. The van der Waals surface area contributed by atoms with E-state index >= 15 is 0 Å². The molecular formula is C31H31N5O4S. The molecule has 3 aromatic carbocycles. The van der Waals surface area contributed by atoms with Crippen LogP contribution in [-0.2, 0) is 19.6 Å². The third-order valence-corrected chi connectivity index (χ3v) is 8.38. The summed E-state index contributed by atoms with van der Waals surface area (Å²) in [5.41, 5.74) is 3.03. The Bertz CT molecular complexity index is 1730. The topological polar surface area (TPSA) is 121 Å². The number of pyridine rings is 1. The normalized spacial score (nSPS) is 16.2. The molecule has 0 fully saturated rings. The van der Waals surface area contributed by atoms with Crippen molar-refractivity contribution in [3.05, 3.63) is 102 Å². The SMILES string of the molecule is CC(C)CC(NS(=O)(=O)c1cccc2cccnc12)C(=O)NC1N=C(c2ccccc2)c2ccccc2N(C)C1=O. The standard InChI is InChI=1S/C31H31N5O4S/c1-20(2)19-24(35-41(39,40)26-17-9-13-22-14-10-18-32-28(22)26)30(37)34-29-31(38)36(3)25-16-8-7-15-23(25)27(33-29)21-11-5-4-6-12-21/h4-18,20,24,29,35H,19H2,1-3H3,(H,34,37). The molecule has 9 nitrogen and oxygen atoms in total. The van der Waals surface area contributed by atoms with Crippen LogP contribution in [0, 0.1) is 5.92 Å². The number of sulfonamides is 1. The number of benzodiazepines with no additional fused rings is 1. The lowest BCUT2D eigenvalue weighted by Crippen LogP contribution is -2.53. The Morgan fingerprint density at radius 1 is 0.951 bits per heavy atom. The van der Waals surface area contributed by atoms with Gasteiger partial charge in [0.2, 0.25) is 22.1 Å². The molecule has 0 spiro atoms. The Balaban J connectivity index is 1.49. The number of anilines is 1. The fourth-order valence-electron chi connectivity index (χ4n) is 4.90. The van der Waals surface area contributed by atoms with Crippen molar-refractivity contribution >= 4 is 44.1 Å². The highest BCUT2D eigenvalue weighted by atomic mass is 32.2. The number of nitrogens with one attached hydrogen (secondary N) is 2. The van der Waals surface area contributed by atoms with E-state index in [1.807, 2.05) is 68.4 Å². The van der Waals surface area contributed by atoms with E-state index in [4.69, 9.17) is 4.99 Å². The maximum absolute atomic E-state index is 13.7. The molecule has 10 heteroatoms. The van der Waals surface area contributed by atoms with E-state index < -0.39 is 34.0 Å². The van der Waals surface area contributed by atoms with Crippen LogP contribution in [0.25, 0.3) is 10.9 Å². The Morgan fingerprint density at radius 2 is 1.66 bits per heavy atom. The molecular weight excluding hydrogens is 538 g/mol. The number of aromatic nitrogens is 1. The van der Waals surface area contributed by atoms with Gasteiger partial charge < -0.3 is 10.2 Å². The summed E-state index contributed by atoms with van der Waals surface area (Å²) in [6.45, 7) is 3.78. The maximum atomic E-state index is 13.7. The zero-order valence-electron chi connectivity index (χ0n) is 23.0. The molecule has 0 saturated heterocycles. The van der Waals surface area contributed by atoms with Gasteiger partial charge >= 0.3 is 0 Å². The van der Waals surface area contributed by atoms with Gasteiger partial charge in [-0.25, -0.2) is 13.4 Å². The van der Waals surface area contributed by atoms with Gasteiger partial charge in [0, 0.05) is 29.8 Å². The molecule has 2 N–H and O–H groups in total. The van der Waals surface area contributed by atoms with Crippen molar-refractivity contribution in [2.24, 2.45) is 10.9 Å². The van der Waals surface area contributed by atoms with Crippen LogP contribution in [-0.4, -0.2) is 50.2 Å². The van der Waals surface area contributed by atoms with Crippen molar-refractivity contribution < 1.29 is 18.0 Å². The summed E-state index contributed by atoms with van der Waals surface area (Å²) in [6, 6.07) is 24.0. The number of hydrogen-bond acceptors (Lipinski definition) is 6. The van der Waals surface area contributed by atoms with Gasteiger partial charge in [0.05, 0.1) is 16.9 Å². The molecule has 2 unspecified atom stereocenters. The van der Waals surface area contributed by atoms with E-state index in [1.165, 1.54) is 17.2 Å². The Kier molecular flexibility index (Phi) is 7.96. The number of fused-ring (bicyclic) bond motifs is 2. The number of likely N-dealkylation sites (N-methyl/N-ethyl adjacent to an activating group) is 1. The van der Waals surface area contributed by atoms with Crippen molar-refractivity contribution in [3.63, 3.8) is 0 Å². The fraction of sp³-hybridized carbons (Fsp3) is 0.226. The van der Waals surface area contributed by atoms with Crippen LogP contribution in [0.3, 0.4) is 0 Å². The van der Waals surface area contributed by atoms with Crippen LogP contribution < -0.4 is 14.9 Å². The fourth-order valence-corrected chi connectivity index (χ4v) is 6.29. The molecule has 1 aliphatic rings. The third-order valence-electron chi connectivity index (χ3n) is 6.88. The number of carbonyl (C=O) groups is 2. The van der Waals surface area contributed by atoms with Crippen LogP contribution >= 0.6 is 0 Å². The van der Waals surface area contributed by atoms with Gasteiger partial charge in [0.1, 0.15) is 10.9 Å². The van der Waals surface area contributed by atoms with Crippen LogP contribution in [0.4, 0.5) is 5.69 Å². The first-order valence-corrected chi connectivity index (χ1v) is 14.8. The highest BCUT2D eigenvalue weighted by molar-refractivity contribution is 7.89. The Morgan fingerprint density at radius 3 is 2.41 bits per heavy atom. The summed E-state index contributed by atoms with van der Waals surface area (Å²) in [5, 5.41) is 3.39. The van der Waals surface area contributed by atoms with Crippen LogP contribution in [0.1, 0.15) is 31.4 Å². The minimum atomic E-state index is -4.15. The highest BCUT2D eigenvalue weighted by Crippen LogP contribution is 2.27. The first-order valence-electron chi connectivity index (χ1n) is 13.3. The number of carbonyl (C=O) groups excluding carboxylic acids is 2. The first-order chi connectivity index (χ1) is 19.7. The summed E-state index contributed by atoms with van der Waals surface area (Å²) in [7, 11) is -2.52. The number of rotatable bonds is 8. The van der Waals surface area contributed by atoms with Crippen molar-refractivity contribution in [1.29, 1.82) is 0 Å².